The van der Waals surface area contributed by atoms with Crippen molar-refractivity contribution in [1.29, 1.82) is 0 Å². The van der Waals surface area contributed by atoms with Gasteiger partial charge in [0.05, 0.1) is 6.04 Å². The standard InChI is InChI=1S/C19H27N3O4/c1-12(2)10-15(20)18(24)22-9-8-14(11-16(22)19(25)26)21-17(23)13-6-4-3-5-7-13/h3-7,12,14-16H,8-11,20H2,1-2H3,(H,21,23)(H,25,26)/t14-,15?,16-/m0/s1. The number of carbonyl (C=O) groups excluding carboxylic acids is 2. The molecule has 4 N–H and O–H groups in total. The number of carbonyl (C=O) groups is 3. The molecule has 0 saturated carbocycles. The lowest BCUT2D eigenvalue weighted by atomic mass is 9.94. The second-order valence-corrected chi connectivity index (χ2v) is 7.18. The Balaban J connectivity index is 2.02. The molecule has 0 bridgehead atoms. The summed E-state index contributed by atoms with van der Waals surface area (Å²) in [4.78, 5) is 37.8. The SMILES string of the molecule is CC(C)CC(N)C(=O)N1CC[C@H](NC(=O)c2ccccc2)C[C@H]1C(=O)O. The second kappa shape index (κ2) is 8.80. The summed E-state index contributed by atoms with van der Waals surface area (Å²) in [7, 11) is 0. The Morgan fingerprint density at radius 1 is 1.27 bits per heavy atom. The van der Waals surface area contributed by atoms with E-state index in [-0.39, 0.29) is 36.7 Å². The first-order valence-electron chi connectivity index (χ1n) is 8.94. The van der Waals surface area contributed by atoms with Crippen molar-refractivity contribution in [3.63, 3.8) is 0 Å². The van der Waals surface area contributed by atoms with E-state index in [2.05, 4.69) is 5.32 Å². The Bertz CT molecular complexity index is 647. The van der Waals surface area contributed by atoms with Gasteiger partial charge in [0.1, 0.15) is 6.04 Å². The molecule has 1 aromatic rings. The third kappa shape index (κ3) is 5.05. The maximum atomic E-state index is 12.5. The molecule has 0 aromatic heterocycles. The Morgan fingerprint density at radius 2 is 1.92 bits per heavy atom. The van der Waals surface area contributed by atoms with E-state index < -0.39 is 18.1 Å². The molecule has 1 aromatic carbocycles. The van der Waals surface area contributed by atoms with Crippen molar-refractivity contribution in [3.05, 3.63) is 35.9 Å². The van der Waals surface area contributed by atoms with Crippen LogP contribution in [0.15, 0.2) is 30.3 Å². The number of amides is 2. The Morgan fingerprint density at radius 3 is 2.50 bits per heavy atom. The number of hydrogen-bond acceptors (Lipinski definition) is 4. The topological polar surface area (TPSA) is 113 Å². The zero-order chi connectivity index (χ0) is 19.3. The number of rotatable bonds is 6. The van der Waals surface area contributed by atoms with Crippen molar-refractivity contribution < 1.29 is 19.5 Å². The predicted octanol–water partition coefficient (Wildman–Crippen LogP) is 1.23. The van der Waals surface area contributed by atoms with Crippen molar-refractivity contribution in [2.75, 3.05) is 6.54 Å². The number of carboxylic acids is 1. The van der Waals surface area contributed by atoms with E-state index in [1.54, 1.807) is 24.3 Å². The third-order valence-electron chi connectivity index (χ3n) is 4.58. The van der Waals surface area contributed by atoms with Crippen LogP contribution in [0.5, 0.6) is 0 Å². The van der Waals surface area contributed by atoms with Gasteiger partial charge in [0.15, 0.2) is 0 Å². The molecule has 0 spiro atoms. The molecule has 2 rings (SSSR count). The fourth-order valence-electron chi connectivity index (χ4n) is 3.27. The molecular weight excluding hydrogens is 334 g/mol. The van der Waals surface area contributed by atoms with Crippen LogP contribution in [-0.4, -0.2) is 52.5 Å². The predicted molar refractivity (Wildman–Crippen MR) is 97.5 cm³/mol. The summed E-state index contributed by atoms with van der Waals surface area (Å²) < 4.78 is 0. The molecule has 1 unspecified atom stereocenters. The lowest BCUT2D eigenvalue weighted by Crippen LogP contribution is -2.58. The van der Waals surface area contributed by atoms with Crippen molar-refractivity contribution in [1.82, 2.24) is 10.2 Å². The maximum absolute atomic E-state index is 12.5. The number of hydrogen-bond donors (Lipinski definition) is 3. The minimum atomic E-state index is -1.08. The molecule has 0 radical (unpaired) electrons. The van der Waals surface area contributed by atoms with E-state index in [1.807, 2.05) is 19.9 Å². The average Bonchev–Trinajstić information content (AvgIpc) is 2.61. The van der Waals surface area contributed by atoms with Crippen LogP contribution in [0.2, 0.25) is 0 Å². The molecule has 1 aliphatic rings. The summed E-state index contributed by atoms with van der Waals surface area (Å²) >= 11 is 0. The molecule has 26 heavy (non-hydrogen) atoms. The van der Waals surface area contributed by atoms with Crippen molar-refractivity contribution >= 4 is 17.8 Å². The number of aliphatic carboxylic acids is 1. The Kier molecular flexibility index (Phi) is 6.74. The van der Waals surface area contributed by atoms with Crippen molar-refractivity contribution in [2.45, 2.75) is 51.2 Å². The normalized spacial score (nSPS) is 21.3. The van der Waals surface area contributed by atoms with E-state index in [4.69, 9.17) is 5.73 Å². The van der Waals surface area contributed by atoms with Gasteiger partial charge in [-0.1, -0.05) is 32.0 Å². The molecule has 142 valence electrons. The molecule has 2 amide bonds. The minimum absolute atomic E-state index is 0.175. The van der Waals surface area contributed by atoms with Gasteiger partial charge in [-0.3, -0.25) is 9.59 Å². The van der Waals surface area contributed by atoms with E-state index in [1.165, 1.54) is 4.90 Å². The zero-order valence-electron chi connectivity index (χ0n) is 15.2. The van der Waals surface area contributed by atoms with Gasteiger partial charge in [-0.2, -0.15) is 0 Å². The van der Waals surface area contributed by atoms with Gasteiger partial charge in [-0.15, -0.1) is 0 Å². The number of nitrogens with one attached hydrogen (secondary N) is 1. The van der Waals surface area contributed by atoms with Gasteiger partial charge in [0, 0.05) is 18.2 Å². The van der Waals surface area contributed by atoms with Crippen LogP contribution < -0.4 is 11.1 Å². The second-order valence-electron chi connectivity index (χ2n) is 7.18. The first-order valence-corrected chi connectivity index (χ1v) is 8.94. The third-order valence-corrected chi connectivity index (χ3v) is 4.58. The summed E-state index contributed by atoms with van der Waals surface area (Å²) in [6.45, 7) is 4.20. The molecule has 1 heterocycles. The van der Waals surface area contributed by atoms with Gasteiger partial charge < -0.3 is 21.1 Å². The Hall–Kier alpha value is -2.41. The summed E-state index contributed by atoms with van der Waals surface area (Å²) in [6.07, 6.45) is 1.19. The molecule has 0 aliphatic carbocycles. The molecule has 1 saturated heterocycles. The van der Waals surface area contributed by atoms with Gasteiger partial charge in [-0.05, 0) is 37.3 Å². The van der Waals surface area contributed by atoms with Crippen LogP contribution in [0.3, 0.4) is 0 Å². The molecule has 1 fully saturated rings. The largest absolute Gasteiger partial charge is 0.480 e. The van der Waals surface area contributed by atoms with Crippen LogP contribution in [0.4, 0.5) is 0 Å². The molecule has 7 nitrogen and oxygen atoms in total. The fraction of sp³-hybridized carbons (Fsp3) is 0.526. The van der Waals surface area contributed by atoms with Crippen LogP contribution in [-0.2, 0) is 9.59 Å². The molecule has 3 atom stereocenters. The summed E-state index contributed by atoms with van der Waals surface area (Å²) in [5, 5.41) is 12.4. The van der Waals surface area contributed by atoms with Crippen molar-refractivity contribution in [3.8, 4) is 0 Å². The highest BCUT2D eigenvalue weighted by Crippen LogP contribution is 2.20. The van der Waals surface area contributed by atoms with Crippen LogP contribution in [0, 0.1) is 5.92 Å². The number of carboxylic acid groups (broad SMARTS) is 1. The highest BCUT2D eigenvalue weighted by atomic mass is 16.4. The first-order chi connectivity index (χ1) is 12.3. The van der Waals surface area contributed by atoms with Crippen LogP contribution in [0.1, 0.15) is 43.5 Å². The lowest BCUT2D eigenvalue weighted by Gasteiger charge is -2.38. The highest BCUT2D eigenvalue weighted by Gasteiger charge is 2.38. The first kappa shape index (κ1) is 19.9. The van der Waals surface area contributed by atoms with E-state index in [0.717, 1.165) is 0 Å². The fourth-order valence-corrected chi connectivity index (χ4v) is 3.27. The van der Waals surface area contributed by atoms with Gasteiger partial charge >= 0.3 is 5.97 Å². The number of nitrogens with two attached hydrogens (primary N) is 1. The smallest absolute Gasteiger partial charge is 0.326 e. The minimum Gasteiger partial charge on any atom is -0.480 e. The molecule has 7 heteroatoms. The average molecular weight is 361 g/mol. The number of nitrogens with zero attached hydrogens (tertiary/aromatic N) is 1. The summed E-state index contributed by atoms with van der Waals surface area (Å²) in [5.74, 6) is -1.40. The maximum Gasteiger partial charge on any atom is 0.326 e. The van der Waals surface area contributed by atoms with Crippen LogP contribution in [0.25, 0.3) is 0 Å². The molecular formula is C19H27N3O4. The summed E-state index contributed by atoms with van der Waals surface area (Å²) in [5.41, 5.74) is 6.47. The quantitative estimate of drug-likeness (QED) is 0.705. The van der Waals surface area contributed by atoms with E-state index in [9.17, 15) is 19.5 Å². The lowest BCUT2D eigenvalue weighted by molar-refractivity contribution is -0.153. The summed E-state index contributed by atoms with van der Waals surface area (Å²) in [6, 6.07) is 6.79. The van der Waals surface area contributed by atoms with Gasteiger partial charge in [0.25, 0.3) is 5.91 Å². The van der Waals surface area contributed by atoms with Crippen LogP contribution >= 0.6 is 0 Å². The van der Waals surface area contributed by atoms with E-state index in [0.29, 0.717) is 18.4 Å². The molecule has 1 aliphatic heterocycles. The van der Waals surface area contributed by atoms with Gasteiger partial charge in [0.2, 0.25) is 5.91 Å². The highest BCUT2D eigenvalue weighted by molar-refractivity contribution is 5.94. The number of likely N-dealkylation sites (tertiary alicyclic amines) is 1. The monoisotopic (exact) mass is 361 g/mol. The number of benzene rings is 1. The van der Waals surface area contributed by atoms with Crippen molar-refractivity contribution in [2.24, 2.45) is 11.7 Å². The zero-order valence-corrected chi connectivity index (χ0v) is 15.2. The van der Waals surface area contributed by atoms with E-state index >= 15 is 0 Å². The van der Waals surface area contributed by atoms with Gasteiger partial charge in [-0.25, -0.2) is 4.79 Å². The number of piperidine rings is 1. The Labute approximate surface area is 153 Å².